The van der Waals surface area contributed by atoms with Crippen LogP contribution in [-0.2, 0) is 11.3 Å². The zero-order chi connectivity index (χ0) is 19.4. The van der Waals surface area contributed by atoms with Crippen LogP contribution in [0.15, 0.2) is 36.7 Å². The number of fused-ring (bicyclic) bond motifs is 1. The summed E-state index contributed by atoms with van der Waals surface area (Å²) in [6.07, 6.45) is 1.48. The van der Waals surface area contributed by atoms with Gasteiger partial charge in [-0.1, -0.05) is 12.1 Å². The lowest BCUT2D eigenvalue weighted by molar-refractivity contribution is -0.137. The molecule has 0 aliphatic heterocycles. The Labute approximate surface area is 160 Å². The number of nitrogens with zero attached hydrogens (tertiary/aromatic N) is 3. The summed E-state index contributed by atoms with van der Waals surface area (Å²) in [6, 6.07) is 9.32. The van der Waals surface area contributed by atoms with E-state index in [1.807, 2.05) is 19.1 Å². The first-order valence-corrected chi connectivity index (χ1v) is 9.27. The molecule has 0 saturated carbocycles. The number of carboxylic acid groups (broad SMARTS) is 1. The van der Waals surface area contributed by atoms with E-state index in [1.54, 1.807) is 36.8 Å². The van der Waals surface area contributed by atoms with Gasteiger partial charge in [0.25, 0.3) is 5.91 Å². The molecule has 8 heteroatoms. The first-order chi connectivity index (χ1) is 12.9. The Bertz CT molecular complexity index is 969. The minimum absolute atomic E-state index is 0.0697. The molecule has 7 nitrogen and oxygen atoms in total. The fourth-order valence-corrected chi connectivity index (χ4v) is 3.50. The SMILES string of the molecule is Cc1cc2c(NCc3ccc(C(=O)N(C)CCC(=O)O)cc3)ncnc2s1. The number of amides is 1. The number of thiophene rings is 1. The Morgan fingerprint density at radius 1 is 1.22 bits per heavy atom. The third kappa shape index (κ3) is 4.59. The van der Waals surface area contributed by atoms with Crippen molar-refractivity contribution in [3.8, 4) is 0 Å². The second-order valence-corrected chi connectivity index (χ2v) is 7.45. The number of hydrogen-bond donors (Lipinski definition) is 2. The molecule has 1 amide bonds. The van der Waals surface area contributed by atoms with Gasteiger partial charge in [0.05, 0.1) is 11.8 Å². The average molecular weight is 384 g/mol. The zero-order valence-corrected chi connectivity index (χ0v) is 15.9. The van der Waals surface area contributed by atoms with Crippen LogP contribution < -0.4 is 5.32 Å². The van der Waals surface area contributed by atoms with Crippen LogP contribution in [0.2, 0.25) is 0 Å². The molecule has 0 spiro atoms. The van der Waals surface area contributed by atoms with Crippen molar-refractivity contribution in [2.75, 3.05) is 18.9 Å². The van der Waals surface area contributed by atoms with Crippen molar-refractivity contribution < 1.29 is 14.7 Å². The van der Waals surface area contributed by atoms with Gasteiger partial charge in [-0.05, 0) is 30.7 Å². The summed E-state index contributed by atoms with van der Waals surface area (Å²) in [5.41, 5.74) is 1.54. The minimum atomic E-state index is -0.921. The number of rotatable bonds is 7. The molecule has 0 bridgehead atoms. The highest BCUT2D eigenvalue weighted by molar-refractivity contribution is 7.18. The number of carbonyl (C=O) groups is 2. The average Bonchev–Trinajstić information content (AvgIpc) is 3.05. The summed E-state index contributed by atoms with van der Waals surface area (Å²) in [4.78, 5) is 35.1. The molecule has 3 rings (SSSR count). The Morgan fingerprint density at radius 3 is 2.67 bits per heavy atom. The minimum Gasteiger partial charge on any atom is -0.481 e. The summed E-state index contributed by atoms with van der Waals surface area (Å²) in [6.45, 7) is 2.80. The molecule has 2 N–H and O–H groups in total. The smallest absolute Gasteiger partial charge is 0.305 e. The molecule has 2 aromatic heterocycles. The molecule has 3 aromatic rings. The van der Waals surface area contributed by atoms with Crippen molar-refractivity contribution in [1.29, 1.82) is 0 Å². The van der Waals surface area contributed by atoms with E-state index in [0.29, 0.717) is 12.1 Å². The monoisotopic (exact) mass is 384 g/mol. The number of benzene rings is 1. The van der Waals surface area contributed by atoms with Crippen LogP contribution in [-0.4, -0.2) is 45.4 Å². The lowest BCUT2D eigenvalue weighted by atomic mass is 10.1. The van der Waals surface area contributed by atoms with Gasteiger partial charge >= 0.3 is 5.97 Å². The molecule has 1 aromatic carbocycles. The van der Waals surface area contributed by atoms with Crippen LogP contribution in [0.1, 0.15) is 27.2 Å². The van der Waals surface area contributed by atoms with Crippen molar-refractivity contribution in [2.45, 2.75) is 19.9 Å². The van der Waals surface area contributed by atoms with E-state index >= 15 is 0 Å². The van der Waals surface area contributed by atoms with Gasteiger partial charge in [0.15, 0.2) is 0 Å². The number of carboxylic acids is 1. The standard InChI is InChI=1S/C19H20N4O3S/c1-12-9-15-17(21-11-22-18(15)27-12)20-10-13-3-5-14(6-4-13)19(26)23(2)8-7-16(24)25/h3-6,9,11H,7-8,10H2,1-2H3,(H,24,25)(H,20,21,22). The van der Waals surface area contributed by atoms with Crippen molar-refractivity contribution in [3.63, 3.8) is 0 Å². The molecule has 2 heterocycles. The number of aliphatic carboxylic acids is 1. The van der Waals surface area contributed by atoms with E-state index in [4.69, 9.17) is 5.11 Å². The van der Waals surface area contributed by atoms with Crippen molar-refractivity contribution in [3.05, 3.63) is 52.7 Å². The van der Waals surface area contributed by atoms with Gasteiger partial charge < -0.3 is 15.3 Å². The van der Waals surface area contributed by atoms with Gasteiger partial charge in [0.2, 0.25) is 0 Å². The van der Waals surface area contributed by atoms with Crippen LogP contribution in [0.4, 0.5) is 5.82 Å². The molecular formula is C19H20N4O3S. The third-order valence-electron chi connectivity index (χ3n) is 4.12. The zero-order valence-electron chi connectivity index (χ0n) is 15.1. The fourth-order valence-electron chi connectivity index (χ4n) is 2.65. The van der Waals surface area contributed by atoms with Gasteiger partial charge in [-0.3, -0.25) is 9.59 Å². The fraction of sp³-hybridized carbons (Fsp3) is 0.263. The van der Waals surface area contributed by atoms with Crippen molar-refractivity contribution in [1.82, 2.24) is 14.9 Å². The maximum absolute atomic E-state index is 12.3. The van der Waals surface area contributed by atoms with Gasteiger partial charge in [0, 0.05) is 30.6 Å². The van der Waals surface area contributed by atoms with E-state index in [9.17, 15) is 9.59 Å². The normalized spacial score (nSPS) is 10.7. The summed E-state index contributed by atoms with van der Waals surface area (Å²) in [5, 5.41) is 13.0. The number of hydrogen-bond acceptors (Lipinski definition) is 6. The van der Waals surface area contributed by atoms with E-state index in [2.05, 4.69) is 21.4 Å². The van der Waals surface area contributed by atoms with E-state index in [-0.39, 0.29) is 18.9 Å². The van der Waals surface area contributed by atoms with Crippen LogP contribution in [0.25, 0.3) is 10.2 Å². The van der Waals surface area contributed by atoms with Crippen molar-refractivity contribution in [2.24, 2.45) is 0 Å². The Balaban J connectivity index is 1.63. The molecule has 0 atom stereocenters. The highest BCUT2D eigenvalue weighted by Gasteiger charge is 2.13. The van der Waals surface area contributed by atoms with Crippen LogP contribution in [0, 0.1) is 6.92 Å². The predicted octanol–water partition coefficient (Wildman–Crippen LogP) is 3.16. The van der Waals surface area contributed by atoms with Crippen LogP contribution in [0.3, 0.4) is 0 Å². The number of nitrogens with one attached hydrogen (secondary N) is 1. The number of aryl methyl sites for hydroxylation is 1. The summed E-state index contributed by atoms with van der Waals surface area (Å²) in [7, 11) is 1.60. The summed E-state index contributed by atoms with van der Waals surface area (Å²) < 4.78 is 0. The highest BCUT2D eigenvalue weighted by atomic mass is 32.1. The highest BCUT2D eigenvalue weighted by Crippen LogP contribution is 2.27. The predicted molar refractivity (Wildman–Crippen MR) is 105 cm³/mol. The lowest BCUT2D eigenvalue weighted by Crippen LogP contribution is -2.29. The Kier molecular flexibility index (Phi) is 5.66. The van der Waals surface area contributed by atoms with Gasteiger partial charge in [-0.15, -0.1) is 11.3 Å². The van der Waals surface area contributed by atoms with Crippen LogP contribution >= 0.6 is 11.3 Å². The molecule has 0 aliphatic rings. The summed E-state index contributed by atoms with van der Waals surface area (Å²) in [5.74, 6) is -0.323. The van der Waals surface area contributed by atoms with Gasteiger partial charge in [-0.2, -0.15) is 0 Å². The second-order valence-electron chi connectivity index (χ2n) is 6.22. The molecule has 0 unspecified atom stereocenters. The first kappa shape index (κ1) is 18.8. The maximum Gasteiger partial charge on any atom is 0.305 e. The maximum atomic E-state index is 12.3. The molecule has 0 saturated heterocycles. The second kappa shape index (κ2) is 8.13. The largest absolute Gasteiger partial charge is 0.481 e. The topological polar surface area (TPSA) is 95.4 Å². The van der Waals surface area contributed by atoms with Crippen molar-refractivity contribution >= 4 is 39.2 Å². The Hall–Kier alpha value is -3.00. The molecule has 27 heavy (non-hydrogen) atoms. The number of carbonyl (C=O) groups excluding carboxylic acids is 1. The molecular weight excluding hydrogens is 364 g/mol. The lowest BCUT2D eigenvalue weighted by Gasteiger charge is -2.16. The van der Waals surface area contributed by atoms with E-state index in [1.165, 1.54) is 9.78 Å². The van der Waals surface area contributed by atoms with E-state index < -0.39 is 5.97 Å². The third-order valence-corrected chi connectivity index (χ3v) is 5.08. The van der Waals surface area contributed by atoms with Crippen LogP contribution in [0.5, 0.6) is 0 Å². The van der Waals surface area contributed by atoms with E-state index in [0.717, 1.165) is 21.6 Å². The number of anilines is 1. The summed E-state index contributed by atoms with van der Waals surface area (Å²) >= 11 is 1.63. The van der Waals surface area contributed by atoms with Gasteiger partial charge in [0.1, 0.15) is 17.0 Å². The first-order valence-electron chi connectivity index (χ1n) is 8.45. The Morgan fingerprint density at radius 2 is 1.96 bits per heavy atom. The van der Waals surface area contributed by atoms with Gasteiger partial charge in [-0.25, -0.2) is 9.97 Å². The molecule has 140 valence electrons. The molecule has 0 aliphatic carbocycles. The quantitative estimate of drug-likeness (QED) is 0.650. The molecule has 0 fully saturated rings. The number of aromatic nitrogens is 2. The molecule has 0 radical (unpaired) electrons.